The number of ether oxygens (including phenoxy) is 1. The van der Waals surface area contributed by atoms with Gasteiger partial charge in [-0.25, -0.2) is 0 Å². The average molecular weight is 396 g/mol. The first-order chi connectivity index (χ1) is 14.2. The SMILES string of the molecule is COCCN=C1NC2CCN(C2)C12CCN(C(=O)c1n[nH]c3ccccc13)CC2. The second-order valence-corrected chi connectivity index (χ2v) is 8.24. The van der Waals surface area contributed by atoms with Crippen LogP contribution in [0, 0.1) is 0 Å². The number of carbonyl (C=O) groups excluding carboxylic acids is 1. The highest BCUT2D eigenvalue weighted by Gasteiger charge is 2.51. The number of hydrogen-bond donors (Lipinski definition) is 2. The highest BCUT2D eigenvalue weighted by Crippen LogP contribution is 2.37. The third kappa shape index (κ3) is 3.11. The summed E-state index contributed by atoms with van der Waals surface area (Å²) in [6.07, 6.45) is 2.95. The normalized spacial score (nSPS) is 26.9. The summed E-state index contributed by atoms with van der Waals surface area (Å²) in [7, 11) is 1.71. The highest BCUT2D eigenvalue weighted by molar-refractivity contribution is 6.04. The fourth-order valence-electron chi connectivity index (χ4n) is 5.09. The van der Waals surface area contributed by atoms with Gasteiger partial charge >= 0.3 is 0 Å². The molecule has 3 fully saturated rings. The number of rotatable bonds is 4. The molecular formula is C21H28N6O2. The van der Waals surface area contributed by atoms with Crippen molar-refractivity contribution >= 4 is 22.6 Å². The molecule has 1 amide bonds. The number of likely N-dealkylation sites (tertiary alicyclic amines) is 1. The maximum Gasteiger partial charge on any atom is 0.274 e. The van der Waals surface area contributed by atoms with Gasteiger partial charge in [-0.15, -0.1) is 0 Å². The van der Waals surface area contributed by atoms with Crippen molar-refractivity contribution in [3.05, 3.63) is 30.0 Å². The van der Waals surface area contributed by atoms with Crippen molar-refractivity contribution in [3.63, 3.8) is 0 Å². The lowest BCUT2D eigenvalue weighted by Crippen LogP contribution is -2.67. The maximum absolute atomic E-state index is 13.2. The van der Waals surface area contributed by atoms with Gasteiger partial charge in [-0.1, -0.05) is 18.2 Å². The van der Waals surface area contributed by atoms with Crippen molar-refractivity contribution in [2.45, 2.75) is 30.8 Å². The van der Waals surface area contributed by atoms with Crippen molar-refractivity contribution in [2.24, 2.45) is 4.99 Å². The Morgan fingerprint density at radius 1 is 1.31 bits per heavy atom. The predicted octanol–water partition coefficient (Wildman–Crippen LogP) is 1.26. The molecule has 0 saturated carbocycles. The lowest BCUT2D eigenvalue weighted by atomic mass is 9.82. The van der Waals surface area contributed by atoms with Gasteiger partial charge < -0.3 is 15.0 Å². The van der Waals surface area contributed by atoms with Crippen LogP contribution < -0.4 is 5.32 Å². The lowest BCUT2D eigenvalue weighted by molar-refractivity contribution is 0.0516. The molecule has 8 nitrogen and oxygen atoms in total. The van der Waals surface area contributed by atoms with Gasteiger partial charge in [0, 0.05) is 44.7 Å². The third-order valence-corrected chi connectivity index (χ3v) is 6.69. The maximum atomic E-state index is 13.2. The summed E-state index contributed by atoms with van der Waals surface area (Å²) < 4.78 is 5.19. The molecule has 3 aliphatic heterocycles. The number of piperidine rings is 1. The van der Waals surface area contributed by atoms with Crippen molar-refractivity contribution in [1.82, 2.24) is 25.3 Å². The number of amidine groups is 1. The largest absolute Gasteiger partial charge is 0.383 e. The highest BCUT2D eigenvalue weighted by atomic mass is 16.5. The zero-order valence-corrected chi connectivity index (χ0v) is 16.9. The summed E-state index contributed by atoms with van der Waals surface area (Å²) in [5, 5.41) is 11.9. The number of H-pyrrole nitrogens is 1. The van der Waals surface area contributed by atoms with Crippen LogP contribution in [-0.4, -0.2) is 89.8 Å². The quantitative estimate of drug-likeness (QED) is 0.760. The molecule has 8 heteroatoms. The standard InChI is InChI=1S/C21H28N6O2/c1-29-13-9-22-20-21(27-10-6-15(14-27)23-20)7-11-26(12-8-21)19(28)18-16-4-2-3-5-17(16)24-25-18/h2-5,15H,6-14H2,1H3,(H,22,23)(H,24,25). The number of amides is 1. The Morgan fingerprint density at radius 3 is 2.97 bits per heavy atom. The van der Waals surface area contributed by atoms with E-state index < -0.39 is 0 Å². The number of aliphatic imine (C=N–C) groups is 1. The van der Waals surface area contributed by atoms with E-state index in [1.807, 2.05) is 29.2 Å². The van der Waals surface area contributed by atoms with Crippen LogP contribution in [-0.2, 0) is 4.74 Å². The Balaban J connectivity index is 1.35. The van der Waals surface area contributed by atoms with Gasteiger partial charge in [-0.2, -0.15) is 5.10 Å². The average Bonchev–Trinajstić information content (AvgIpc) is 3.37. The summed E-state index contributed by atoms with van der Waals surface area (Å²) in [4.78, 5) is 22.6. The van der Waals surface area contributed by atoms with E-state index in [0.717, 1.165) is 49.1 Å². The molecule has 0 aliphatic carbocycles. The smallest absolute Gasteiger partial charge is 0.274 e. The van der Waals surface area contributed by atoms with E-state index in [9.17, 15) is 4.79 Å². The molecular weight excluding hydrogens is 368 g/mol. The molecule has 2 bridgehead atoms. The van der Waals surface area contributed by atoms with Crippen molar-refractivity contribution in [3.8, 4) is 0 Å². The Bertz CT molecular complexity index is 930. The number of para-hydroxylation sites is 1. The van der Waals surface area contributed by atoms with Gasteiger partial charge in [0.1, 0.15) is 5.84 Å². The number of methoxy groups -OCH3 is 1. The molecule has 2 atom stereocenters. The topological polar surface area (TPSA) is 85.8 Å². The van der Waals surface area contributed by atoms with Gasteiger partial charge in [0.25, 0.3) is 5.91 Å². The second kappa shape index (κ2) is 7.42. The first kappa shape index (κ1) is 18.6. The van der Waals surface area contributed by atoms with Gasteiger partial charge in [-0.3, -0.25) is 19.8 Å². The van der Waals surface area contributed by atoms with Crippen LogP contribution in [0.25, 0.3) is 10.9 Å². The van der Waals surface area contributed by atoms with Crippen molar-refractivity contribution < 1.29 is 9.53 Å². The van der Waals surface area contributed by atoms with E-state index in [0.29, 0.717) is 38.0 Å². The van der Waals surface area contributed by atoms with E-state index in [-0.39, 0.29) is 11.4 Å². The zero-order chi connectivity index (χ0) is 19.8. The van der Waals surface area contributed by atoms with E-state index in [1.54, 1.807) is 7.11 Å². The monoisotopic (exact) mass is 396 g/mol. The Hall–Kier alpha value is -2.45. The molecule has 154 valence electrons. The van der Waals surface area contributed by atoms with E-state index in [2.05, 4.69) is 20.4 Å². The molecule has 4 heterocycles. The summed E-state index contributed by atoms with van der Waals surface area (Å²) in [5.41, 5.74) is 1.34. The summed E-state index contributed by atoms with van der Waals surface area (Å²) in [5.74, 6) is 1.11. The first-order valence-electron chi connectivity index (χ1n) is 10.5. The Kier molecular flexibility index (Phi) is 4.75. The van der Waals surface area contributed by atoms with Crippen molar-refractivity contribution in [1.29, 1.82) is 0 Å². The molecule has 1 spiro atoms. The molecule has 3 saturated heterocycles. The predicted molar refractivity (Wildman–Crippen MR) is 111 cm³/mol. The number of nitrogens with one attached hydrogen (secondary N) is 2. The Labute approximate surface area is 170 Å². The molecule has 0 radical (unpaired) electrons. The van der Waals surface area contributed by atoms with Crippen LogP contribution in [0.5, 0.6) is 0 Å². The third-order valence-electron chi connectivity index (χ3n) is 6.69. The van der Waals surface area contributed by atoms with Crippen LogP contribution in [0.4, 0.5) is 0 Å². The van der Waals surface area contributed by atoms with Crippen LogP contribution in [0.1, 0.15) is 29.8 Å². The molecule has 1 aromatic heterocycles. The van der Waals surface area contributed by atoms with Crippen LogP contribution in [0.2, 0.25) is 0 Å². The van der Waals surface area contributed by atoms with E-state index in [4.69, 9.17) is 9.73 Å². The van der Waals surface area contributed by atoms with Gasteiger partial charge in [0.05, 0.1) is 24.2 Å². The number of nitrogens with zero attached hydrogens (tertiary/aromatic N) is 4. The molecule has 29 heavy (non-hydrogen) atoms. The molecule has 2 N–H and O–H groups in total. The van der Waals surface area contributed by atoms with Crippen LogP contribution >= 0.6 is 0 Å². The molecule has 5 rings (SSSR count). The molecule has 1 aromatic carbocycles. The number of benzene rings is 1. The second-order valence-electron chi connectivity index (χ2n) is 8.24. The van der Waals surface area contributed by atoms with Crippen LogP contribution in [0.15, 0.2) is 29.3 Å². The molecule has 3 aliphatic rings. The number of fused-ring (bicyclic) bond motifs is 4. The minimum Gasteiger partial charge on any atom is -0.383 e. The first-order valence-corrected chi connectivity index (χ1v) is 10.5. The number of carbonyl (C=O) groups is 1. The fourth-order valence-corrected chi connectivity index (χ4v) is 5.09. The number of hydrogen-bond acceptors (Lipinski definition) is 5. The minimum atomic E-state index is -0.0782. The zero-order valence-electron chi connectivity index (χ0n) is 16.9. The minimum absolute atomic E-state index is 0.0123. The number of aromatic nitrogens is 2. The van der Waals surface area contributed by atoms with Crippen LogP contribution in [0.3, 0.4) is 0 Å². The Morgan fingerprint density at radius 2 is 2.14 bits per heavy atom. The summed E-state index contributed by atoms with van der Waals surface area (Å²) in [6, 6.07) is 8.29. The lowest BCUT2D eigenvalue weighted by Gasteiger charge is -2.50. The number of aromatic amines is 1. The van der Waals surface area contributed by atoms with Gasteiger partial charge in [-0.05, 0) is 25.3 Å². The van der Waals surface area contributed by atoms with Crippen molar-refractivity contribution in [2.75, 3.05) is 46.4 Å². The summed E-state index contributed by atoms with van der Waals surface area (Å²) in [6.45, 7) is 4.89. The van der Waals surface area contributed by atoms with Gasteiger partial charge in [0.15, 0.2) is 5.69 Å². The molecule has 2 aromatic rings. The molecule has 2 unspecified atom stereocenters. The van der Waals surface area contributed by atoms with E-state index in [1.165, 1.54) is 0 Å². The van der Waals surface area contributed by atoms with Gasteiger partial charge in [0.2, 0.25) is 0 Å². The number of piperazine rings is 1. The summed E-state index contributed by atoms with van der Waals surface area (Å²) >= 11 is 0. The van der Waals surface area contributed by atoms with E-state index >= 15 is 0 Å². The fraction of sp³-hybridized carbons (Fsp3) is 0.571.